The van der Waals surface area contributed by atoms with Crippen LogP contribution in [0.1, 0.15) is 18.4 Å². The number of hydrogen-bond acceptors (Lipinski definition) is 3. The minimum atomic E-state index is -3.70. The monoisotopic (exact) mass is 380 g/mol. The quantitative estimate of drug-likeness (QED) is 0.841. The fourth-order valence-corrected chi connectivity index (χ4v) is 4.07. The normalized spacial score (nSPS) is 17.9. The van der Waals surface area contributed by atoms with E-state index in [0.717, 1.165) is 6.07 Å². The summed E-state index contributed by atoms with van der Waals surface area (Å²) < 4.78 is 42.2. The molecule has 1 saturated heterocycles. The molecule has 0 aliphatic carbocycles. The molecule has 5 nitrogen and oxygen atoms in total. The zero-order valence-electron chi connectivity index (χ0n) is 11.6. The number of rotatable bonds is 4. The number of aryl methyl sites for hydroxylation is 1. The summed E-state index contributed by atoms with van der Waals surface area (Å²) in [5.74, 6) is -0.361. The smallest absolute Gasteiger partial charge is 0.301 e. The summed E-state index contributed by atoms with van der Waals surface area (Å²) in [7, 11) is -3.70. The van der Waals surface area contributed by atoms with Crippen molar-refractivity contribution < 1.29 is 17.9 Å². The number of anilines is 1. The molecule has 0 aromatic heterocycles. The molecule has 1 aromatic carbocycles. The van der Waals surface area contributed by atoms with E-state index in [9.17, 15) is 12.8 Å². The van der Waals surface area contributed by atoms with Crippen LogP contribution in [0.5, 0.6) is 0 Å². The molecule has 0 atom stereocenters. The molecule has 0 unspecified atom stereocenters. The number of aliphatic hydroxyl groups is 1. The number of halogens is 2. The SMILES string of the molecule is Cc1cc(Br)c(F)cc1NS(=O)(=O)N1CCC(CO)CC1. The van der Waals surface area contributed by atoms with E-state index in [1.807, 2.05) is 0 Å². The highest BCUT2D eigenvalue weighted by Crippen LogP contribution is 2.26. The first-order valence-corrected chi connectivity index (χ1v) is 8.91. The minimum absolute atomic E-state index is 0.0817. The maximum atomic E-state index is 13.6. The Hall–Kier alpha value is -0.700. The Morgan fingerprint density at radius 1 is 1.43 bits per heavy atom. The van der Waals surface area contributed by atoms with Gasteiger partial charge < -0.3 is 5.11 Å². The summed E-state index contributed by atoms with van der Waals surface area (Å²) in [6, 6.07) is 2.70. The van der Waals surface area contributed by atoms with Crippen LogP contribution < -0.4 is 4.72 Å². The average molecular weight is 381 g/mol. The topological polar surface area (TPSA) is 69.6 Å². The zero-order chi connectivity index (χ0) is 15.6. The number of nitrogens with zero attached hydrogens (tertiary/aromatic N) is 1. The van der Waals surface area contributed by atoms with Crippen molar-refractivity contribution in [2.24, 2.45) is 5.92 Å². The Morgan fingerprint density at radius 2 is 2.05 bits per heavy atom. The molecule has 0 amide bonds. The van der Waals surface area contributed by atoms with Crippen molar-refractivity contribution in [1.29, 1.82) is 0 Å². The van der Waals surface area contributed by atoms with Crippen LogP contribution in [0.4, 0.5) is 10.1 Å². The predicted octanol–water partition coefficient (Wildman–Crippen LogP) is 2.26. The molecule has 1 aliphatic heterocycles. The van der Waals surface area contributed by atoms with Crippen LogP contribution in [0.3, 0.4) is 0 Å². The first kappa shape index (κ1) is 16.7. The van der Waals surface area contributed by atoms with Gasteiger partial charge in [-0.15, -0.1) is 0 Å². The average Bonchev–Trinajstić information content (AvgIpc) is 2.44. The lowest BCUT2D eigenvalue weighted by molar-refractivity contribution is 0.170. The number of nitrogens with one attached hydrogen (secondary N) is 1. The van der Waals surface area contributed by atoms with Crippen LogP contribution >= 0.6 is 15.9 Å². The van der Waals surface area contributed by atoms with E-state index in [2.05, 4.69) is 20.7 Å². The van der Waals surface area contributed by atoms with Gasteiger partial charge in [-0.3, -0.25) is 4.72 Å². The van der Waals surface area contributed by atoms with Crippen molar-refractivity contribution in [1.82, 2.24) is 4.31 Å². The van der Waals surface area contributed by atoms with E-state index < -0.39 is 16.0 Å². The zero-order valence-corrected chi connectivity index (χ0v) is 14.0. The molecular formula is C13H18BrFN2O3S. The minimum Gasteiger partial charge on any atom is -0.396 e. The van der Waals surface area contributed by atoms with Gasteiger partial charge in [-0.05, 0) is 59.3 Å². The second kappa shape index (κ2) is 6.60. The molecule has 0 bridgehead atoms. The Labute approximate surface area is 132 Å². The fourth-order valence-electron chi connectivity index (χ4n) is 2.29. The van der Waals surface area contributed by atoms with E-state index in [0.29, 0.717) is 36.0 Å². The molecule has 1 heterocycles. The van der Waals surface area contributed by atoms with Gasteiger partial charge in [0.1, 0.15) is 5.82 Å². The standard InChI is InChI=1S/C13H18BrFN2O3S/c1-9-6-11(14)12(15)7-13(9)16-21(19,20)17-4-2-10(8-18)3-5-17/h6-7,10,16,18H,2-5,8H2,1H3. The number of aliphatic hydroxyl groups excluding tert-OH is 1. The van der Waals surface area contributed by atoms with Gasteiger partial charge in [-0.2, -0.15) is 12.7 Å². The third-order valence-corrected chi connectivity index (χ3v) is 5.81. The van der Waals surface area contributed by atoms with Crippen LogP contribution in [0.25, 0.3) is 0 Å². The first-order chi connectivity index (χ1) is 9.83. The molecular weight excluding hydrogens is 363 g/mol. The molecule has 1 aromatic rings. The Balaban J connectivity index is 2.13. The second-order valence-electron chi connectivity index (χ2n) is 5.21. The maximum Gasteiger partial charge on any atom is 0.301 e. The summed E-state index contributed by atoms with van der Waals surface area (Å²) >= 11 is 3.06. The lowest BCUT2D eigenvalue weighted by Gasteiger charge is -2.30. The van der Waals surface area contributed by atoms with Crippen molar-refractivity contribution in [3.8, 4) is 0 Å². The molecule has 0 spiro atoms. The van der Waals surface area contributed by atoms with Gasteiger partial charge in [0.2, 0.25) is 0 Å². The number of benzene rings is 1. The highest BCUT2D eigenvalue weighted by molar-refractivity contribution is 9.10. The van der Waals surface area contributed by atoms with Crippen molar-refractivity contribution in [3.05, 3.63) is 28.0 Å². The molecule has 1 aliphatic rings. The Bertz CT molecular complexity index is 616. The predicted molar refractivity (Wildman–Crippen MR) is 82.8 cm³/mol. The van der Waals surface area contributed by atoms with Crippen LogP contribution in [0, 0.1) is 18.7 Å². The Kier molecular flexibility index (Phi) is 5.24. The van der Waals surface area contributed by atoms with Gasteiger partial charge in [0, 0.05) is 19.7 Å². The molecule has 2 N–H and O–H groups in total. The molecule has 1 fully saturated rings. The van der Waals surface area contributed by atoms with Gasteiger partial charge in [0.05, 0.1) is 10.2 Å². The maximum absolute atomic E-state index is 13.6. The highest BCUT2D eigenvalue weighted by Gasteiger charge is 2.28. The van der Waals surface area contributed by atoms with E-state index in [1.165, 1.54) is 10.4 Å². The summed E-state index contributed by atoms with van der Waals surface area (Å²) in [6.45, 7) is 2.51. The lowest BCUT2D eigenvalue weighted by atomic mass is 10.00. The summed E-state index contributed by atoms with van der Waals surface area (Å²) in [5, 5.41) is 9.08. The van der Waals surface area contributed by atoms with E-state index in [1.54, 1.807) is 6.92 Å². The van der Waals surface area contributed by atoms with E-state index in [4.69, 9.17) is 5.11 Å². The molecule has 0 radical (unpaired) electrons. The third-order valence-electron chi connectivity index (χ3n) is 3.68. The van der Waals surface area contributed by atoms with Gasteiger partial charge in [-0.25, -0.2) is 4.39 Å². The molecule has 21 heavy (non-hydrogen) atoms. The van der Waals surface area contributed by atoms with Gasteiger partial charge >= 0.3 is 10.2 Å². The molecule has 0 saturated carbocycles. The van der Waals surface area contributed by atoms with Crippen LogP contribution in [0.15, 0.2) is 16.6 Å². The Morgan fingerprint density at radius 3 is 2.62 bits per heavy atom. The molecule has 118 valence electrons. The fraction of sp³-hybridized carbons (Fsp3) is 0.538. The van der Waals surface area contributed by atoms with Crippen molar-refractivity contribution >= 4 is 31.8 Å². The van der Waals surface area contributed by atoms with Crippen molar-refractivity contribution in [2.45, 2.75) is 19.8 Å². The first-order valence-electron chi connectivity index (χ1n) is 6.68. The number of hydrogen-bond donors (Lipinski definition) is 2. The molecule has 8 heteroatoms. The van der Waals surface area contributed by atoms with Crippen molar-refractivity contribution in [2.75, 3.05) is 24.4 Å². The van der Waals surface area contributed by atoms with Crippen LogP contribution in [0.2, 0.25) is 0 Å². The summed E-state index contributed by atoms with van der Waals surface area (Å²) in [6.07, 6.45) is 1.26. The highest BCUT2D eigenvalue weighted by atomic mass is 79.9. The van der Waals surface area contributed by atoms with Gasteiger partial charge in [0.15, 0.2) is 0 Å². The third kappa shape index (κ3) is 3.94. The van der Waals surface area contributed by atoms with E-state index >= 15 is 0 Å². The second-order valence-corrected chi connectivity index (χ2v) is 7.74. The van der Waals surface area contributed by atoms with E-state index in [-0.39, 0.29) is 18.2 Å². The number of piperidine rings is 1. The van der Waals surface area contributed by atoms with Gasteiger partial charge in [0.25, 0.3) is 0 Å². The van der Waals surface area contributed by atoms with Crippen LogP contribution in [-0.4, -0.2) is 37.5 Å². The van der Waals surface area contributed by atoms with Gasteiger partial charge in [-0.1, -0.05) is 0 Å². The van der Waals surface area contributed by atoms with Crippen molar-refractivity contribution in [3.63, 3.8) is 0 Å². The largest absolute Gasteiger partial charge is 0.396 e. The molecule has 2 rings (SSSR count). The summed E-state index contributed by atoms with van der Waals surface area (Å²) in [4.78, 5) is 0. The lowest BCUT2D eigenvalue weighted by Crippen LogP contribution is -2.42. The van der Waals surface area contributed by atoms with Crippen LogP contribution in [-0.2, 0) is 10.2 Å². The summed E-state index contributed by atoms with van der Waals surface area (Å²) in [5.41, 5.74) is 0.872.